The van der Waals surface area contributed by atoms with E-state index in [1.165, 1.54) is 18.0 Å². The van der Waals surface area contributed by atoms with Crippen molar-refractivity contribution in [1.82, 2.24) is 25.1 Å². The van der Waals surface area contributed by atoms with Crippen molar-refractivity contribution >= 4 is 28.7 Å². The molecular formula is C34H40FN9. The molecule has 0 bridgehead atoms. The first-order chi connectivity index (χ1) is 21.3. The third-order valence-corrected chi connectivity index (χ3v) is 8.59. The number of hydrogen-bond acceptors (Lipinski definition) is 7. The van der Waals surface area contributed by atoms with E-state index in [2.05, 4.69) is 63.5 Å². The van der Waals surface area contributed by atoms with Crippen molar-refractivity contribution in [2.45, 2.75) is 66.3 Å². The highest BCUT2D eigenvalue weighted by Crippen LogP contribution is 2.35. The van der Waals surface area contributed by atoms with Gasteiger partial charge < -0.3 is 15.5 Å². The van der Waals surface area contributed by atoms with E-state index in [0.29, 0.717) is 23.8 Å². The molecule has 1 atom stereocenters. The highest BCUT2D eigenvalue weighted by molar-refractivity contribution is 6.09. The minimum atomic E-state index is -0.314. The fraction of sp³-hybridized carbons (Fsp3) is 0.382. The van der Waals surface area contributed by atoms with Crippen LogP contribution in [0.4, 0.5) is 21.7 Å². The van der Waals surface area contributed by atoms with Crippen LogP contribution in [0.15, 0.2) is 71.5 Å². The maximum Gasteiger partial charge on any atom is 0.146 e. The van der Waals surface area contributed by atoms with E-state index in [9.17, 15) is 9.65 Å². The lowest BCUT2D eigenvalue weighted by molar-refractivity contribution is 0.260. The van der Waals surface area contributed by atoms with Gasteiger partial charge in [0.25, 0.3) is 0 Å². The van der Waals surface area contributed by atoms with Gasteiger partial charge in [0.1, 0.15) is 29.6 Å². The van der Waals surface area contributed by atoms with Gasteiger partial charge in [-0.25, -0.2) is 19.4 Å². The molecule has 1 aromatic carbocycles. The van der Waals surface area contributed by atoms with Crippen molar-refractivity contribution in [2.24, 2.45) is 10.9 Å². The van der Waals surface area contributed by atoms with Gasteiger partial charge in [-0.2, -0.15) is 10.4 Å². The Bertz CT molecular complexity index is 1670. The van der Waals surface area contributed by atoms with Gasteiger partial charge in [-0.15, -0.1) is 0 Å². The van der Waals surface area contributed by atoms with Gasteiger partial charge in [-0.3, -0.25) is 4.68 Å². The quantitative estimate of drug-likeness (QED) is 0.271. The van der Waals surface area contributed by atoms with Crippen molar-refractivity contribution in [3.05, 3.63) is 89.0 Å². The molecule has 1 fully saturated rings. The normalized spacial score (nSPS) is 18.3. The maximum atomic E-state index is 14.5. The lowest BCUT2D eigenvalue weighted by Gasteiger charge is -2.36. The summed E-state index contributed by atoms with van der Waals surface area (Å²) in [4.78, 5) is 15.9. The number of nitriles is 1. The Hall–Kier alpha value is -4.78. The molecule has 228 valence electrons. The first-order valence-electron chi connectivity index (χ1n) is 15.2. The molecule has 4 heterocycles. The Morgan fingerprint density at radius 1 is 1.25 bits per heavy atom. The number of benzene rings is 1. The van der Waals surface area contributed by atoms with Crippen molar-refractivity contribution in [3.63, 3.8) is 0 Å². The van der Waals surface area contributed by atoms with Crippen LogP contribution in [0.3, 0.4) is 0 Å². The lowest BCUT2D eigenvalue weighted by Crippen LogP contribution is -2.37. The van der Waals surface area contributed by atoms with Gasteiger partial charge in [-0.1, -0.05) is 18.6 Å². The molecule has 1 saturated heterocycles. The largest absolute Gasteiger partial charge is 0.356 e. The fourth-order valence-electron chi connectivity index (χ4n) is 5.71. The summed E-state index contributed by atoms with van der Waals surface area (Å²) >= 11 is 0. The number of aliphatic imine (C=N–C) groups is 1. The molecule has 2 N–H and O–H groups in total. The Balaban J connectivity index is 1.29. The van der Waals surface area contributed by atoms with Gasteiger partial charge in [-0.05, 0) is 82.2 Å². The summed E-state index contributed by atoms with van der Waals surface area (Å²) in [5.41, 5.74) is 6.47. The van der Waals surface area contributed by atoms with E-state index in [4.69, 9.17) is 5.10 Å². The number of allylic oxidation sites excluding steroid dienone is 2. The second kappa shape index (κ2) is 13.7. The molecule has 0 saturated carbocycles. The number of anilines is 3. The topological polar surface area (TPSA) is 107 Å². The number of aryl methyl sites for hydroxylation is 1. The number of nitrogens with one attached hydrogen (secondary N) is 2. The van der Waals surface area contributed by atoms with Crippen LogP contribution >= 0.6 is 0 Å². The molecule has 3 aromatic rings. The maximum absolute atomic E-state index is 14.5. The van der Waals surface area contributed by atoms with Gasteiger partial charge in [0, 0.05) is 48.4 Å². The zero-order valence-corrected chi connectivity index (χ0v) is 26.1. The SMILES string of the molecule is CC/C(C)=C/N=C1\NC=C\C1=C(\C)c1cnn(C(CC#N)C2CCN(c3ncnc(Nc4ccc(C)cc4F)c3C)CC2)c1. The zero-order valence-electron chi connectivity index (χ0n) is 26.1. The molecule has 0 aliphatic carbocycles. The smallest absolute Gasteiger partial charge is 0.146 e. The van der Waals surface area contributed by atoms with Crippen LogP contribution in [0.25, 0.3) is 5.57 Å². The first-order valence-corrected chi connectivity index (χ1v) is 15.2. The summed E-state index contributed by atoms with van der Waals surface area (Å²) in [6.07, 6.45) is 14.5. The third kappa shape index (κ3) is 6.72. The van der Waals surface area contributed by atoms with Gasteiger partial charge >= 0.3 is 0 Å². The number of amidine groups is 1. The third-order valence-electron chi connectivity index (χ3n) is 8.59. The Morgan fingerprint density at radius 3 is 2.77 bits per heavy atom. The van der Waals surface area contributed by atoms with E-state index >= 15 is 0 Å². The van der Waals surface area contributed by atoms with Crippen molar-refractivity contribution < 1.29 is 4.39 Å². The number of rotatable bonds is 9. The van der Waals surface area contributed by atoms with Gasteiger partial charge in [0.05, 0.1) is 30.4 Å². The van der Waals surface area contributed by atoms with E-state index < -0.39 is 0 Å². The second-order valence-electron chi connectivity index (χ2n) is 11.6. The van der Waals surface area contributed by atoms with Gasteiger partial charge in [0.15, 0.2) is 0 Å². The van der Waals surface area contributed by atoms with Crippen LogP contribution in [-0.4, -0.2) is 38.7 Å². The number of halogens is 1. The van der Waals surface area contributed by atoms with E-state index in [1.54, 1.807) is 6.07 Å². The first kappa shape index (κ1) is 30.7. The number of aromatic nitrogens is 4. The lowest BCUT2D eigenvalue weighted by atomic mass is 9.87. The summed E-state index contributed by atoms with van der Waals surface area (Å²) in [6.45, 7) is 11.7. The molecule has 0 amide bonds. The van der Waals surface area contributed by atoms with Crippen LogP contribution in [0.5, 0.6) is 0 Å². The van der Waals surface area contributed by atoms with E-state index in [-0.39, 0.29) is 11.9 Å². The molecule has 0 radical (unpaired) electrons. The molecule has 2 aliphatic heterocycles. The van der Waals surface area contributed by atoms with Crippen molar-refractivity contribution in [2.75, 3.05) is 23.3 Å². The zero-order chi connectivity index (χ0) is 31.2. The summed E-state index contributed by atoms with van der Waals surface area (Å²) < 4.78 is 16.5. The molecule has 2 aliphatic rings. The predicted molar refractivity (Wildman–Crippen MR) is 174 cm³/mol. The average Bonchev–Trinajstić information content (AvgIpc) is 3.71. The molecule has 1 unspecified atom stereocenters. The van der Waals surface area contributed by atoms with Crippen LogP contribution in [0.1, 0.15) is 69.2 Å². The molecule has 5 rings (SSSR count). The number of piperidine rings is 1. The molecule has 0 spiro atoms. The number of hydrogen-bond donors (Lipinski definition) is 2. The fourth-order valence-corrected chi connectivity index (χ4v) is 5.71. The Labute approximate surface area is 258 Å². The second-order valence-corrected chi connectivity index (χ2v) is 11.6. The molecule has 10 heteroatoms. The minimum Gasteiger partial charge on any atom is -0.356 e. The predicted octanol–water partition coefficient (Wildman–Crippen LogP) is 7.15. The van der Waals surface area contributed by atoms with Crippen molar-refractivity contribution in [1.29, 1.82) is 5.26 Å². The van der Waals surface area contributed by atoms with Gasteiger partial charge in [0.2, 0.25) is 0 Å². The number of nitrogens with zero attached hydrogens (tertiary/aromatic N) is 7. The summed E-state index contributed by atoms with van der Waals surface area (Å²) in [5, 5.41) is 20.8. The summed E-state index contributed by atoms with van der Waals surface area (Å²) in [5.74, 6) is 2.24. The monoisotopic (exact) mass is 593 g/mol. The van der Waals surface area contributed by atoms with Crippen LogP contribution < -0.4 is 15.5 Å². The van der Waals surface area contributed by atoms with Crippen LogP contribution in [0, 0.1) is 36.9 Å². The molecule has 9 nitrogen and oxygen atoms in total. The minimum absolute atomic E-state index is 0.0255. The van der Waals surface area contributed by atoms with E-state index in [0.717, 1.165) is 71.8 Å². The van der Waals surface area contributed by atoms with E-state index in [1.807, 2.05) is 49.3 Å². The standard InChI is InChI=1S/C34H40FN9/c1-6-22(2)18-38-33-28(10-14-37-33)24(4)27-19-41-44(20-27)31(9-13-36)26-11-15-43(16-12-26)34-25(5)32(39-21-40-34)42-30-8-7-23(3)17-29(30)35/h7-8,10,14,17-21,26,31H,6,9,11-12,15-16H2,1-5H3,(H,37,38)(H,39,40,42)/b22-18+,28-24+. The molecule has 44 heavy (non-hydrogen) atoms. The van der Waals surface area contributed by atoms with Crippen LogP contribution in [0.2, 0.25) is 0 Å². The van der Waals surface area contributed by atoms with Crippen molar-refractivity contribution in [3.8, 4) is 6.07 Å². The molecular weight excluding hydrogens is 553 g/mol. The Kier molecular flexibility index (Phi) is 9.53. The highest BCUT2D eigenvalue weighted by atomic mass is 19.1. The highest BCUT2D eigenvalue weighted by Gasteiger charge is 2.30. The average molecular weight is 594 g/mol. The Morgan fingerprint density at radius 2 is 2.05 bits per heavy atom. The van der Waals surface area contributed by atoms with Crippen LogP contribution in [-0.2, 0) is 0 Å². The molecule has 2 aromatic heterocycles. The summed E-state index contributed by atoms with van der Waals surface area (Å²) in [6, 6.07) is 7.47. The summed E-state index contributed by atoms with van der Waals surface area (Å²) in [7, 11) is 0.